The summed E-state index contributed by atoms with van der Waals surface area (Å²) in [5.74, 6) is -0.408. The monoisotopic (exact) mass is 545 g/mol. The normalized spacial score (nSPS) is 16.3. The molecule has 2 atom stereocenters. The number of pyridine rings is 1. The zero-order valence-corrected chi connectivity index (χ0v) is 22.2. The molecule has 3 amide bonds. The van der Waals surface area contributed by atoms with E-state index >= 15 is 0 Å². The van der Waals surface area contributed by atoms with Gasteiger partial charge in [0, 0.05) is 43.5 Å². The van der Waals surface area contributed by atoms with Crippen molar-refractivity contribution in [3.63, 3.8) is 0 Å². The van der Waals surface area contributed by atoms with Crippen molar-refractivity contribution in [1.29, 1.82) is 0 Å². The summed E-state index contributed by atoms with van der Waals surface area (Å²) in [6.45, 7) is 1.43. The van der Waals surface area contributed by atoms with Gasteiger partial charge < -0.3 is 30.2 Å². The Morgan fingerprint density at radius 1 is 1.10 bits per heavy atom. The predicted octanol–water partition coefficient (Wildman–Crippen LogP) is 2.48. The average Bonchev–Trinajstić information content (AvgIpc) is 3.39. The molecule has 2 aromatic carbocycles. The van der Waals surface area contributed by atoms with Crippen LogP contribution in [0.5, 0.6) is 5.75 Å². The van der Waals surface area contributed by atoms with Gasteiger partial charge in [0.1, 0.15) is 31.6 Å². The number of oxime groups is 1. The number of rotatable bonds is 10. The van der Waals surface area contributed by atoms with Crippen LogP contribution < -0.4 is 15.4 Å². The number of anilines is 1. The summed E-state index contributed by atoms with van der Waals surface area (Å²) in [7, 11) is 1.41. The third-order valence-corrected chi connectivity index (χ3v) is 6.20. The van der Waals surface area contributed by atoms with E-state index in [0.717, 1.165) is 11.1 Å². The van der Waals surface area contributed by atoms with Gasteiger partial charge in [-0.3, -0.25) is 19.4 Å². The summed E-state index contributed by atoms with van der Waals surface area (Å²) in [4.78, 5) is 48.1. The second-order valence-electron chi connectivity index (χ2n) is 9.23. The Labute approximate surface area is 231 Å². The van der Waals surface area contributed by atoms with Crippen LogP contribution in [0.25, 0.3) is 11.1 Å². The van der Waals surface area contributed by atoms with Crippen LogP contribution in [0.3, 0.4) is 0 Å². The first-order valence-corrected chi connectivity index (χ1v) is 12.7. The van der Waals surface area contributed by atoms with Crippen LogP contribution in [0.4, 0.5) is 5.69 Å². The van der Waals surface area contributed by atoms with Crippen molar-refractivity contribution < 1.29 is 29.1 Å². The molecule has 1 aromatic heterocycles. The average molecular weight is 546 g/mol. The van der Waals surface area contributed by atoms with Crippen LogP contribution in [-0.2, 0) is 14.4 Å². The molecule has 11 heteroatoms. The summed E-state index contributed by atoms with van der Waals surface area (Å²) >= 11 is 0. The minimum atomic E-state index is -0.989. The van der Waals surface area contributed by atoms with Gasteiger partial charge in [-0.25, -0.2) is 0 Å². The van der Waals surface area contributed by atoms with Gasteiger partial charge in [0.05, 0.1) is 12.3 Å². The maximum absolute atomic E-state index is 13.4. The lowest BCUT2D eigenvalue weighted by Crippen LogP contribution is -2.48. The van der Waals surface area contributed by atoms with Crippen LogP contribution >= 0.6 is 0 Å². The highest BCUT2D eigenvalue weighted by atomic mass is 16.6. The fraction of sp³-hybridized carbons (Fsp3) is 0.276. The molecule has 0 aliphatic carbocycles. The molecule has 0 unspecified atom stereocenters. The minimum Gasteiger partial charge on any atom is -0.491 e. The molecule has 40 heavy (non-hydrogen) atoms. The molecule has 3 N–H and O–H groups in total. The number of ether oxygens (including phenoxy) is 1. The van der Waals surface area contributed by atoms with Crippen molar-refractivity contribution in [3.05, 3.63) is 78.6 Å². The quantitative estimate of drug-likeness (QED) is 0.332. The number of likely N-dealkylation sites (tertiary alicyclic amines) is 1. The van der Waals surface area contributed by atoms with Gasteiger partial charge in [0.25, 0.3) is 5.91 Å². The molecular formula is C29H31N5O6. The standard InChI is InChI=1S/C29H31N5O6/c1-19(35)32-23-9-11-26(12-10-23)40-18-25(36)16-31-28(37)27-14-24(33-39-2)17-34(27)29(38)21-7-5-20(6-8-21)22-4-3-13-30-15-22/h3-13,15,25,27,36H,14,16-18H2,1-2H3,(H,31,37)(H,32,35)/b33-24+/t25-,27-/m0/s1. The SMILES string of the molecule is CO/N=C1\C[C@@H](C(=O)NC[C@H](O)COc2ccc(NC(C)=O)cc2)N(C(=O)c2ccc(-c3cccnc3)cc2)C1. The van der Waals surface area contributed by atoms with Crippen molar-refractivity contribution in [1.82, 2.24) is 15.2 Å². The number of nitrogens with zero attached hydrogens (tertiary/aromatic N) is 3. The molecule has 0 saturated carbocycles. The van der Waals surface area contributed by atoms with Crippen LogP contribution in [-0.4, -0.2) is 77.4 Å². The number of aliphatic hydroxyl groups is 1. The van der Waals surface area contributed by atoms with Gasteiger partial charge in [0.15, 0.2) is 0 Å². The largest absolute Gasteiger partial charge is 0.491 e. The molecule has 4 rings (SSSR count). The Balaban J connectivity index is 1.34. The van der Waals surface area contributed by atoms with Gasteiger partial charge in [-0.05, 0) is 53.6 Å². The molecule has 0 radical (unpaired) electrons. The lowest BCUT2D eigenvalue weighted by atomic mass is 10.0. The van der Waals surface area contributed by atoms with Crippen LogP contribution in [0.15, 0.2) is 78.2 Å². The number of aliphatic hydroxyl groups excluding tert-OH is 1. The van der Waals surface area contributed by atoms with E-state index in [0.29, 0.717) is 22.7 Å². The molecule has 2 heterocycles. The van der Waals surface area contributed by atoms with Crippen LogP contribution in [0, 0.1) is 0 Å². The van der Waals surface area contributed by atoms with Crippen molar-refractivity contribution in [2.45, 2.75) is 25.5 Å². The maximum Gasteiger partial charge on any atom is 0.254 e. The van der Waals surface area contributed by atoms with Gasteiger partial charge in [-0.15, -0.1) is 0 Å². The lowest BCUT2D eigenvalue weighted by molar-refractivity contribution is -0.125. The van der Waals surface area contributed by atoms with Crippen molar-refractivity contribution in [2.24, 2.45) is 5.16 Å². The molecule has 0 bridgehead atoms. The second-order valence-corrected chi connectivity index (χ2v) is 9.23. The van der Waals surface area contributed by atoms with E-state index in [4.69, 9.17) is 9.57 Å². The Hall–Kier alpha value is -4.77. The molecule has 1 saturated heterocycles. The van der Waals surface area contributed by atoms with Crippen molar-refractivity contribution >= 4 is 29.1 Å². The smallest absolute Gasteiger partial charge is 0.254 e. The van der Waals surface area contributed by atoms with Crippen LogP contribution in [0.1, 0.15) is 23.7 Å². The molecular weight excluding hydrogens is 514 g/mol. The number of amides is 3. The summed E-state index contributed by atoms with van der Waals surface area (Å²) in [6, 6.07) is 16.8. The summed E-state index contributed by atoms with van der Waals surface area (Å²) < 4.78 is 5.58. The molecule has 11 nitrogen and oxygen atoms in total. The zero-order chi connectivity index (χ0) is 28.5. The number of hydrogen-bond acceptors (Lipinski definition) is 8. The van der Waals surface area contributed by atoms with E-state index in [1.54, 1.807) is 48.8 Å². The Kier molecular flexibility index (Phi) is 9.42. The minimum absolute atomic E-state index is 0.0628. The first kappa shape index (κ1) is 28.2. The maximum atomic E-state index is 13.4. The summed E-state index contributed by atoms with van der Waals surface area (Å²) in [5, 5.41) is 19.7. The Morgan fingerprint density at radius 2 is 1.85 bits per heavy atom. The van der Waals surface area contributed by atoms with Crippen LogP contribution in [0.2, 0.25) is 0 Å². The number of carbonyl (C=O) groups is 3. The van der Waals surface area contributed by atoms with E-state index in [1.165, 1.54) is 18.9 Å². The number of aromatic nitrogens is 1. The second kappa shape index (κ2) is 13.3. The number of nitrogens with one attached hydrogen (secondary N) is 2. The predicted molar refractivity (Wildman–Crippen MR) is 149 cm³/mol. The first-order chi connectivity index (χ1) is 19.3. The third kappa shape index (κ3) is 7.41. The highest BCUT2D eigenvalue weighted by molar-refractivity contribution is 6.05. The zero-order valence-electron chi connectivity index (χ0n) is 22.2. The Bertz CT molecular complexity index is 1350. The van der Waals surface area contributed by atoms with E-state index in [9.17, 15) is 19.5 Å². The molecule has 1 aliphatic heterocycles. The summed E-state index contributed by atoms with van der Waals surface area (Å²) in [6.07, 6.45) is 2.66. The Morgan fingerprint density at radius 3 is 2.50 bits per heavy atom. The number of hydrogen-bond donors (Lipinski definition) is 3. The van der Waals surface area contributed by atoms with E-state index in [1.807, 2.05) is 24.3 Å². The fourth-order valence-electron chi connectivity index (χ4n) is 4.28. The number of benzene rings is 2. The van der Waals surface area contributed by atoms with Crippen molar-refractivity contribution in [3.8, 4) is 16.9 Å². The van der Waals surface area contributed by atoms with Gasteiger partial charge in [0.2, 0.25) is 11.8 Å². The molecule has 3 aromatic rings. The van der Waals surface area contributed by atoms with E-state index in [-0.39, 0.29) is 37.9 Å². The first-order valence-electron chi connectivity index (χ1n) is 12.7. The summed E-state index contributed by atoms with van der Waals surface area (Å²) in [5.41, 5.74) is 3.47. The number of carbonyl (C=O) groups excluding carboxylic acids is 3. The topological polar surface area (TPSA) is 142 Å². The fourth-order valence-corrected chi connectivity index (χ4v) is 4.28. The third-order valence-electron chi connectivity index (χ3n) is 6.20. The van der Waals surface area contributed by atoms with Gasteiger partial charge in [-0.2, -0.15) is 0 Å². The lowest BCUT2D eigenvalue weighted by Gasteiger charge is -2.24. The molecule has 1 fully saturated rings. The molecule has 1 aliphatic rings. The molecule has 208 valence electrons. The molecule has 0 spiro atoms. The van der Waals surface area contributed by atoms with E-state index in [2.05, 4.69) is 20.8 Å². The highest BCUT2D eigenvalue weighted by Crippen LogP contribution is 2.23. The van der Waals surface area contributed by atoms with Crippen molar-refractivity contribution in [2.75, 3.05) is 32.1 Å². The van der Waals surface area contributed by atoms with E-state index < -0.39 is 18.1 Å². The van der Waals surface area contributed by atoms with Gasteiger partial charge >= 0.3 is 0 Å². The van der Waals surface area contributed by atoms with Gasteiger partial charge in [-0.1, -0.05) is 23.4 Å². The highest BCUT2D eigenvalue weighted by Gasteiger charge is 2.38.